The van der Waals surface area contributed by atoms with E-state index < -0.39 is 0 Å². The maximum Gasteiger partial charge on any atom is 0.264 e. The molecule has 0 atom stereocenters. The van der Waals surface area contributed by atoms with Crippen LogP contribution >= 0.6 is 15.9 Å². The molecule has 2 heterocycles. The van der Waals surface area contributed by atoms with Gasteiger partial charge in [0.05, 0.1) is 5.69 Å². The van der Waals surface area contributed by atoms with Crippen molar-refractivity contribution in [3.63, 3.8) is 0 Å². The Morgan fingerprint density at radius 3 is 2.31 bits per heavy atom. The van der Waals surface area contributed by atoms with Crippen LogP contribution in [0.1, 0.15) is 17.0 Å². The Morgan fingerprint density at radius 2 is 1.66 bits per heavy atom. The van der Waals surface area contributed by atoms with E-state index in [4.69, 9.17) is 0 Å². The number of nitriles is 1. The predicted molar refractivity (Wildman–Crippen MR) is 132 cm³/mol. The Kier molecular flexibility index (Phi) is 6.48. The third-order valence-corrected chi connectivity index (χ3v) is 6.57. The van der Waals surface area contributed by atoms with Gasteiger partial charge in [-0.25, -0.2) is 0 Å². The first kappa shape index (κ1) is 21.9. The van der Waals surface area contributed by atoms with Gasteiger partial charge in [0.1, 0.15) is 11.6 Å². The minimum absolute atomic E-state index is 0.172. The molecule has 0 aliphatic carbocycles. The van der Waals surface area contributed by atoms with Gasteiger partial charge in [-0.2, -0.15) is 5.26 Å². The number of benzene rings is 2. The molecule has 1 saturated heterocycles. The monoisotopic (exact) mass is 488 g/mol. The molecule has 32 heavy (non-hydrogen) atoms. The topological polar surface area (TPSA) is 52.3 Å². The summed E-state index contributed by atoms with van der Waals surface area (Å²) in [4.78, 5) is 17.2. The standard InChI is InChI=1S/C26H25BrN4O/c1-19-16-21(20(2)31(19)25-11-7-6-10-24(25)27)17-22(18-28)26(32)30-14-12-29(13-15-30)23-8-4-3-5-9-23/h3-11,16-17H,12-15H2,1-2H3/b22-17-. The number of aryl methyl sites for hydroxylation is 1. The quantitative estimate of drug-likeness (QED) is 0.378. The Labute approximate surface area is 197 Å². The fourth-order valence-corrected chi connectivity index (χ4v) is 4.67. The Morgan fingerprint density at radius 1 is 1.00 bits per heavy atom. The maximum absolute atomic E-state index is 13.1. The number of carbonyl (C=O) groups excluding carboxylic acids is 1. The lowest BCUT2D eigenvalue weighted by molar-refractivity contribution is -0.126. The number of halogens is 1. The molecule has 6 heteroatoms. The van der Waals surface area contributed by atoms with Gasteiger partial charge < -0.3 is 14.4 Å². The first-order chi connectivity index (χ1) is 15.5. The first-order valence-electron chi connectivity index (χ1n) is 10.6. The zero-order valence-corrected chi connectivity index (χ0v) is 19.8. The highest BCUT2D eigenvalue weighted by atomic mass is 79.9. The number of piperazine rings is 1. The van der Waals surface area contributed by atoms with E-state index in [9.17, 15) is 10.1 Å². The first-order valence-corrected chi connectivity index (χ1v) is 11.4. The fourth-order valence-electron chi connectivity index (χ4n) is 4.21. The van der Waals surface area contributed by atoms with E-state index in [1.165, 1.54) is 0 Å². The lowest BCUT2D eigenvalue weighted by Crippen LogP contribution is -2.49. The van der Waals surface area contributed by atoms with Gasteiger partial charge in [0.25, 0.3) is 5.91 Å². The maximum atomic E-state index is 13.1. The Bertz CT molecular complexity index is 1200. The summed E-state index contributed by atoms with van der Waals surface area (Å²) in [7, 11) is 0. The molecule has 0 N–H and O–H groups in total. The number of anilines is 1. The number of hydrogen-bond acceptors (Lipinski definition) is 3. The van der Waals surface area contributed by atoms with Crippen molar-refractivity contribution in [3.05, 3.63) is 87.7 Å². The summed E-state index contributed by atoms with van der Waals surface area (Å²) in [5.74, 6) is -0.203. The van der Waals surface area contributed by atoms with Crippen molar-refractivity contribution >= 4 is 33.6 Å². The summed E-state index contributed by atoms with van der Waals surface area (Å²) in [5.41, 5.74) is 5.28. The molecule has 1 amide bonds. The molecule has 4 rings (SSSR count). The van der Waals surface area contributed by atoms with Gasteiger partial charge >= 0.3 is 0 Å². The number of amides is 1. The second-order valence-corrected chi connectivity index (χ2v) is 8.75. The van der Waals surface area contributed by atoms with Gasteiger partial charge in [-0.15, -0.1) is 0 Å². The highest BCUT2D eigenvalue weighted by Crippen LogP contribution is 2.28. The van der Waals surface area contributed by atoms with Gasteiger partial charge in [0.2, 0.25) is 0 Å². The zero-order valence-electron chi connectivity index (χ0n) is 18.3. The number of para-hydroxylation sites is 2. The molecular formula is C26H25BrN4O. The van der Waals surface area contributed by atoms with Crippen LogP contribution in [-0.2, 0) is 4.79 Å². The van der Waals surface area contributed by atoms with Crippen LogP contribution in [-0.4, -0.2) is 41.6 Å². The van der Waals surface area contributed by atoms with Crippen LogP contribution in [0.3, 0.4) is 0 Å². The van der Waals surface area contributed by atoms with E-state index in [2.05, 4.69) is 43.6 Å². The summed E-state index contributed by atoms with van der Waals surface area (Å²) in [5, 5.41) is 9.76. The molecule has 1 aliphatic rings. The van der Waals surface area contributed by atoms with E-state index in [1.54, 1.807) is 11.0 Å². The van der Waals surface area contributed by atoms with Gasteiger partial charge in [-0.05, 0) is 71.7 Å². The SMILES string of the molecule is Cc1cc(/C=C(/C#N)C(=O)N2CCN(c3ccccc3)CC2)c(C)n1-c1ccccc1Br. The van der Waals surface area contributed by atoms with Crippen LogP contribution in [0.15, 0.2) is 70.7 Å². The molecule has 162 valence electrons. The Hall–Kier alpha value is -3.30. The van der Waals surface area contributed by atoms with Crippen molar-refractivity contribution in [2.75, 3.05) is 31.1 Å². The molecule has 1 fully saturated rings. The molecule has 0 saturated carbocycles. The van der Waals surface area contributed by atoms with Crippen molar-refractivity contribution in [1.29, 1.82) is 5.26 Å². The normalized spacial score (nSPS) is 14.4. The van der Waals surface area contributed by atoms with E-state index >= 15 is 0 Å². The van der Waals surface area contributed by atoms with Crippen LogP contribution < -0.4 is 4.90 Å². The number of hydrogen-bond donors (Lipinski definition) is 0. The van der Waals surface area contributed by atoms with E-state index in [0.29, 0.717) is 13.1 Å². The van der Waals surface area contributed by atoms with Crippen LogP contribution in [0, 0.1) is 25.2 Å². The van der Waals surface area contributed by atoms with Crippen LogP contribution in [0.5, 0.6) is 0 Å². The third kappa shape index (κ3) is 4.35. The summed E-state index contributed by atoms with van der Waals surface area (Å²) in [6.07, 6.45) is 1.72. The van der Waals surface area contributed by atoms with Gasteiger partial charge in [-0.3, -0.25) is 4.79 Å². The summed E-state index contributed by atoms with van der Waals surface area (Å²) in [6, 6.07) is 22.4. The minimum Gasteiger partial charge on any atom is -0.368 e. The Balaban J connectivity index is 1.54. The number of carbonyl (C=O) groups is 1. The lowest BCUT2D eigenvalue weighted by atomic mass is 10.1. The molecule has 5 nitrogen and oxygen atoms in total. The smallest absolute Gasteiger partial charge is 0.264 e. The molecule has 1 aromatic heterocycles. The second kappa shape index (κ2) is 9.46. The van der Waals surface area contributed by atoms with Crippen molar-refractivity contribution in [2.24, 2.45) is 0 Å². The largest absolute Gasteiger partial charge is 0.368 e. The number of rotatable bonds is 4. The van der Waals surface area contributed by atoms with Crippen LogP contribution in [0.4, 0.5) is 5.69 Å². The molecule has 0 bridgehead atoms. The fraction of sp³-hybridized carbons (Fsp3) is 0.231. The van der Waals surface area contributed by atoms with Crippen molar-refractivity contribution in [2.45, 2.75) is 13.8 Å². The minimum atomic E-state index is -0.203. The van der Waals surface area contributed by atoms with E-state index in [-0.39, 0.29) is 11.5 Å². The molecular weight excluding hydrogens is 464 g/mol. The van der Waals surface area contributed by atoms with Crippen LogP contribution in [0.2, 0.25) is 0 Å². The van der Waals surface area contributed by atoms with E-state index in [1.807, 2.05) is 62.4 Å². The van der Waals surface area contributed by atoms with Crippen molar-refractivity contribution < 1.29 is 4.79 Å². The molecule has 0 radical (unpaired) electrons. The molecule has 2 aromatic carbocycles. The predicted octanol–water partition coefficient (Wildman–Crippen LogP) is 5.11. The third-order valence-electron chi connectivity index (χ3n) is 5.90. The average Bonchev–Trinajstić information content (AvgIpc) is 3.10. The zero-order chi connectivity index (χ0) is 22.7. The average molecular weight is 489 g/mol. The van der Waals surface area contributed by atoms with Gasteiger partial charge in [0.15, 0.2) is 0 Å². The van der Waals surface area contributed by atoms with Gasteiger partial charge in [0, 0.05) is 47.7 Å². The van der Waals surface area contributed by atoms with Crippen molar-refractivity contribution in [1.82, 2.24) is 9.47 Å². The van der Waals surface area contributed by atoms with Crippen molar-refractivity contribution in [3.8, 4) is 11.8 Å². The molecule has 1 aliphatic heterocycles. The summed E-state index contributed by atoms with van der Waals surface area (Å²) >= 11 is 3.62. The number of nitrogens with zero attached hydrogens (tertiary/aromatic N) is 4. The summed E-state index contributed by atoms with van der Waals surface area (Å²) < 4.78 is 3.12. The van der Waals surface area contributed by atoms with E-state index in [0.717, 1.165) is 45.9 Å². The summed E-state index contributed by atoms with van der Waals surface area (Å²) in [6.45, 7) is 6.75. The second-order valence-electron chi connectivity index (χ2n) is 7.90. The van der Waals surface area contributed by atoms with Crippen LogP contribution in [0.25, 0.3) is 11.8 Å². The van der Waals surface area contributed by atoms with Gasteiger partial charge in [-0.1, -0.05) is 30.3 Å². The lowest BCUT2D eigenvalue weighted by Gasteiger charge is -2.36. The highest BCUT2D eigenvalue weighted by Gasteiger charge is 2.24. The highest BCUT2D eigenvalue weighted by molar-refractivity contribution is 9.10. The molecule has 0 unspecified atom stereocenters. The molecule has 3 aromatic rings. The number of aromatic nitrogens is 1. The molecule has 0 spiro atoms.